The molecule has 4 rings (SSSR count). The van der Waals surface area contributed by atoms with E-state index in [-0.39, 0.29) is 29.6 Å². The highest BCUT2D eigenvalue weighted by Gasteiger charge is 2.41. The van der Waals surface area contributed by atoms with Crippen LogP contribution in [0.2, 0.25) is 0 Å². The Morgan fingerprint density at radius 2 is 1.82 bits per heavy atom. The number of benzene rings is 1. The first-order chi connectivity index (χ1) is 15.8. The molecule has 0 bridgehead atoms. The molecule has 2 aliphatic rings. The van der Waals surface area contributed by atoms with Crippen molar-refractivity contribution in [2.24, 2.45) is 17.8 Å². The standard InChI is InChI=1S/C24H31N5O4/c1-4-29-24(33)18-10-6-5-9-17(18)21(27-29)23(32)26-25-22(31)16-12-20(30)28(13-16)19-11-7-8-14(2)15(19)3/h5-6,9-10,14-16,19H,4,7-8,11-13H2,1-3H3,(H,25,31)(H,26,32)/t14-,15-,16-,19-/m1/s1. The molecule has 1 aromatic carbocycles. The summed E-state index contributed by atoms with van der Waals surface area (Å²) in [5.41, 5.74) is 4.66. The van der Waals surface area contributed by atoms with Crippen LogP contribution in [0.15, 0.2) is 29.1 Å². The van der Waals surface area contributed by atoms with Gasteiger partial charge in [0.05, 0.1) is 11.3 Å². The number of aryl methyl sites for hydroxylation is 1. The quantitative estimate of drug-likeness (QED) is 0.686. The van der Waals surface area contributed by atoms with E-state index in [0.29, 0.717) is 35.7 Å². The Labute approximate surface area is 192 Å². The lowest BCUT2D eigenvalue weighted by molar-refractivity contribution is -0.132. The lowest BCUT2D eigenvalue weighted by atomic mass is 9.77. The average Bonchev–Trinajstić information content (AvgIpc) is 3.21. The molecule has 9 nitrogen and oxygen atoms in total. The number of amides is 3. The van der Waals surface area contributed by atoms with Crippen LogP contribution in [0.25, 0.3) is 10.8 Å². The minimum atomic E-state index is -0.613. The zero-order chi connectivity index (χ0) is 23.7. The van der Waals surface area contributed by atoms with Gasteiger partial charge in [-0.05, 0) is 31.2 Å². The van der Waals surface area contributed by atoms with Crippen molar-refractivity contribution < 1.29 is 14.4 Å². The molecule has 4 atom stereocenters. The maximum absolute atomic E-state index is 12.8. The first-order valence-corrected chi connectivity index (χ1v) is 11.7. The molecule has 1 aliphatic heterocycles. The Morgan fingerprint density at radius 3 is 2.55 bits per heavy atom. The van der Waals surface area contributed by atoms with E-state index < -0.39 is 17.7 Å². The second kappa shape index (κ2) is 9.33. The van der Waals surface area contributed by atoms with Gasteiger partial charge in [0.1, 0.15) is 0 Å². The molecule has 1 aliphatic carbocycles. The molecule has 1 aromatic heterocycles. The fourth-order valence-corrected chi connectivity index (χ4v) is 5.12. The van der Waals surface area contributed by atoms with Crippen LogP contribution in [0.5, 0.6) is 0 Å². The van der Waals surface area contributed by atoms with Crippen LogP contribution < -0.4 is 16.4 Å². The maximum Gasteiger partial charge on any atom is 0.290 e. The van der Waals surface area contributed by atoms with E-state index in [0.717, 1.165) is 12.8 Å². The minimum absolute atomic E-state index is 0.00453. The van der Waals surface area contributed by atoms with Gasteiger partial charge in [-0.25, -0.2) is 4.68 Å². The van der Waals surface area contributed by atoms with Crippen LogP contribution in [-0.2, 0) is 16.1 Å². The number of fused-ring (bicyclic) bond motifs is 1. The predicted octanol–water partition coefficient (Wildman–Crippen LogP) is 1.85. The molecule has 0 radical (unpaired) electrons. The van der Waals surface area contributed by atoms with Gasteiger partial charge >= 0.3 is 0 Å². The number of hydrazine groups is 1. The predicted molar refractivity (Wildman–Crippen MR) is 123 cm³/mol. The van der Waals surface area contributed by atoms with Crippen molar-refractivity contribution in [3.05, 3.63) is 40.3 Å². The van der Waals surface area contributed by atoms with E-state index in [1.807, 2.05) is 4.90 Å². The number of nitrogens with one attached hydrogen (secondary N) is 2. The number of carbonyl (C=O) groups is 3. The molecule has 0 spiro atoms. The molecule has 2 heterocycles. The van der Waals surface area contributed by atoms with Crippen molar-refractivity contribution in [3.63, 3.8) is 0 Å². The normalized spacial score (nSPS) is 25.3. The zero-order valence-electron chi connectivity index (χ0n) is 19.3. The summed E-state index contributed by atoms with van der Waals surface area (Å²) in [5, 5.41) is 4.98. The molecule has 33 heavy (non-hydrogen) atoms. The number of nitrogens with zero attached hydrogens (tertiary/aromatic N) is 3. The van der Waals surface area contributed by atoms with Crippen molar-refractivity contribution in [2.45, 2.75) is 59.0 Å². The highest BCUT2D eigenvalue weighted by Crippen LogP contribution is 2.35. The van der Waals surface area contributed by atoms with E-state index in [1.54, 1.807) is 31.2 Å². The number of hydrogen-bond donors (Lipinski definition) is 2. The monoisotopic (exact) mass is 453 g/mol. The summed E-state index contributed by atoms with van der Waals surface area (Å²) in [7, 11) is 0. The van der Waals surface area contributed by atoms with Crippen molar-refractivity contribution in [1.82, 2.24) is 25.5 Å². The van der Waals surface area contributed by atoms with Gasteiger partial charge < -0.3 is 4.90 Å². The van der Waals surface area contributed by atoms with Crippen LogP contribution in [0.1, 0.15) is 56.9 Å². The summed E-state index contributed by atoms with van der Waals surface area (Å²) in [6.45, 7) is 6.85. The molecule has 176 valence electrons. The first kappa shape index (κ1) is 22.9. The minimum Gasteiger partial charge on any atom is -0.339 e. The topological polar surface area (TPSA) is 113 Å². The lowest BCUT2D eigenvalue weighted by Gasteiger charge is -2.40. The summed E-state index contributed by atoms with van der Waals surface area (Å²) in [4.78, 5) is 52.6. The molecule has 1 saturated heterocycles. The summed E-state index contributed by atoms with van der Waals surface area (Å²) in [6.07, 6.45) is 3.37. The van der Waals surface area contributed by atoms with Crippen LogP contribution >= 0.6 is 0 Å². The first-order valence-electron chi connectivity index (χ1n) is 11.7. The van der Waals surface area contributed by atoms with Crippen LogP contribution in [-0.4, -0.2) is 45.0 Å². The summed E-state index contributed by atoms with van der Waals surface area (Å²) < 4.78 is 1.22. The van der Waals surface area contributed by atoms with Crippen LogP contribution in [0.4, 0.5) is 0 Å². The highest BCUT2D eigenvalue weighted by molar-refractivity contribution is 6.05. The average molecular weight is 454 g/mol. The van der Waals surface area contributed by atoms with E-state index in [9.17, 15) is 19.2 Å². The molecular formula is C24H31N5O4. The third kappa shape index (κ3) is 4.36. The SMILES string of the molecule is CCn1nc(C(=O)NNC(=O)[C@@H]2CC(=O)N([C@@H]3CCC[C@@H](C)[C@H]3C)C2)c2ccccc2c1=O. The highest BCUT2D eigenvalue weighted by atomic mass is 16.2. The molecule has 3 amide bonds. The number of aromatic nitrogens is 2. The van der Waals surface area contributed by atoms with Gasteiger partial charge in [-0.1, -0.05) is 44.9 Å². The van der Waals surface area contributed by atoms with E-state index >= 15 is 0 Å². The number of carbonyl (C=O) groups excluding carboxylic acids is 3. The van der Waals surface area contributed by atoms with Crippen molar-refractivity contribution >= 4 is 28.5 Å². The molecule has 2 fully saturated rings. The molecule has 9 heteroatoms. The second-order valence-electron chi connectivity index (χ2n) is 9.24. The Bertz CT molecular complexity index is 1140. The Kier molecular flexibility index (Phi) is 6.49. The van der Waals surface area contributed by atoms with Crippen molar-refractivity contribution in [2.75, 3.05) is 6.54 Å². The molecule has 2 N–H and O–H groups in total. The number of likely N-dealkylation sites (tertiary alicyclic amines) is 1. The molecular weight excluding hydrogens is 422 g/mol. The fourth-order valence-electron chi connectivity index (χ4n) is 5.12. The third-order valence-electron chi connectivity index (χ3n) is 7.27. The van der Waals surface area contributed by atoms with E-state index in [4.69, 9.17) is 0 Å². The van der Waals surface area contributed by atoms with Gasteiger partial charge in [0.25, 0.3) is 11.5 Å². The third-order valence-corrected chi connectivity index (χ3v) is 7.27. The largest absolute Gasteiger partial charge is 0.339 e. The molecule has 2 aromatic rings. The Balaban J connectivity index is 1.43. The summed E-state index contributed by atoms with van der Waals surface area (Å²) >= 11 is 0. The van der Waals surface area contributed by atoms with Crippen molar-refractivity contribution in [3.8, 4) is 0 Å². The van der Waals surface area contributed by atoms with Gasteiger partial charge in [-0.2, -0.15) is 5.10 Å². The van der Waals surface area contributed by atoms with Crippen molar-refractivity contribution in [1.29, 1.82) is 0 Å². The van der Waals surface area contributed by atoms with Gasteiger partial charge in [-0.15, -0.1) is 0 Å². The zero-order valence-corrected chi connectivity index (χ0v) is 19.3. The Morgan fingerprint density at radius 1 is 1.09 bits per heavy atom. The number of rotatable bonds is 4. The van der Waals surface area contributed by atoms with Gasteiger partial charge in [0.2, 0.25) is 11.8 Å². The lowest BCUT2D eigenvalue weighted by Crippen LogP contribution is -2.47. The van der Waals surface area contributed by atoms with E-state index in [1.165, 1.54) is 11.1 Å². The van der Waals surface area contributed by atoms with Gasteiger partial charge in [0.15, 0.2) is 5.69 Å². The molecule has 1 saturated carbocycles. The summed E-state index contributed by atoms with van der Waals surface area (Å²) in [6, 6.07) is 6.91. The maximum atomic E-state index is 12.8. The molecule has 0 unspecified atom stereocenters. The number of hydrogen-bond acceptors (Lipinski definition) is 5. The van der Waals surface area contributed by atoms with Gasteiger partial charge in [0, 0.05) is 30.9 Å². The van der Waals surface area contributed by atoms with E-state index in [2.05, 4.69) is 29.8 Å². The van der Waals surface area contributed by atoms with Crippen LogP contribution in [0, 0.1) is 17.8 Å². The smallest absolute Gasteiger partial charge is 0.290 e. The fraction of sp³-hybridized carbons (Fsp3) is 0.542. The summed E-state index contributed by atoms with van der Waals surface area (Å²) in [5.74, 6) is -0.580. The van der Waals surface area contributed by atoms with Gasteiger partial charge in [-0.3, -0.25) is 30.0 Å². The second-order valence-corrected chi connectivity index (χ2v) is 9.24. The Hall–Kier alpha value is -3.23. The van der Waals surface area contributed by atoms with Crippen LogP contribution in [0.3, 0.4) is 0 Å².